The lowest BCUT2D eigenvalue weighted by molar-refractivity contribution is -0.137. The summed E-state index contributed by atoms with van der Waals surface area (Å²) in [6.07, 6.45) is 6.86. The molecule has 2 aromatic rings. The largest absolute Gasteiger partial charge is 0.334 e. The van der Waals surface area contributed by atoms with Crippen LogP contribution in [0.5, 0.6) is 0 Å². The van der Waals surface area contributed by atoms with Gasteiger partial charge in [-0.1, -0.05) is 31.4 Å². The van der Waals surface area contributed by atoms with Gasteiger partial charge in [-0.3, -0.25) is 14.3 Å². The third-order valence-corrected chi connectivity index (χ3v) is 7.66. The highest BCUT2D eigenvalue weighted by Gasteiger charge is 2.38. The standard InChI is InChI=1S/C20H25N3O4S/c24-19-12-21-22(18-9-5-4-8-17(18)19)13-20(25)23(15-6-2-1-3-7-15)16-10-11-28(26,27)14-16/h4-5,8-9,12,15-16H,1-3,6-7,10-11,13-14H2/t16-/m0/s1. The molecule has 1 atom stereocenters. The maximum Gasteiger partial charge on any atom is 0.244 e. The summed E-state index contributed by atoms with van der Waals surface area (Å²) in [5, 5.41) is 4.69. The Morgan fingerprint density at radius 1 is 1.11 bits per heavy atom. The second-order valence-corrected chi connectivity index (χ2v) is 10.1. The monoisotopic (exact) mass is 403 g/mol. The number of carbonyl (C=O) groups excluding carboxylic acids is 1. The van der Waals surface area contributed by atoms with E-state index in [1.165, 1.54) is 6.20 Å². The quantitative estimate of drug-likeness (QED) is 0.776. The second kappa shape index (κ2) is 7.66. The van der Waals surface area contributed by atoms with Gasteiger partial charge in [0.05, 0.1) is 23.2 Å². The molecule has 0 N–H and O–H groups in total. The Bertz CT molecular complexity index is 1040. The molecule has 1 amide bonds. The van der Waals surface area contributed by atoms with Crippen LogP contribution in [-0.4, -0.2) is 52.6 Å². The van der Waals surface area contributed by atoms with Crippen LogP contribution in [0, 0.1) is 0 Å². The van der Waals surface area contributed by atoms with Crippen LogP contribution in [0.25, 0.3) is 10.9 Å². The van der Waals surface area contributed by atoms with Crippen LogP contribution in [-0.2, 0) is 21.2 Å². The van der Waals surface area contributed by atoms with Crippen molar-refractivity contribution in [3.05, 3.63) is 40.7 Å². The molecule has 2 aliphatic rings. The molecule has 1 aliphatic carbocycles. The van der Waals surface area contributed by atoms with E-state index in [1.54, 1.807) is 22.9 Å². The number of hydrogen-bond donors (Lipinski definition) is 0. The highest BCUT2D eigenvalue weighted by Crippen LogP contribution is 2.28. The summed E-state index contributed by atoms with van der Waals surface area (Å²) < 4.78 is 25.6. The van der Waals surface area contributed by atoms with E-state index in [9.17, 15) is 18.0 Å². The molecule has 1 saturated carbocycles. The Kier molecular flexibility index (Phi) is 5.23. The van der Waals surface area contributed by atoms with Gasteiger partial charge < -0.3 is 4.90 Å². The SMILES string of the molecule is O=C(Cn1ncc(=O)c2ccccc21)N(C1CCCCC1)[C@H]1CCS(=O)(=O)C1. The predicted octanol–water partition coefficient (Wildman–Crippen LogP) is 1.74. The van der Waals surface area contributed by atoms with Gasteiger partial charge in [0.1, 0.15) is 6.54 Å². The first-order chi connectivity index (χ1) is 13.4. The highest BCUT2D eigenvalue weighted by atomic mass is 32.2. The van der Waals surface area contributed by atoms with Gasteiger partial charge in [-0.25, -0.2) is 8.42 Å². The highest BCUT2D eigenvalue weighted by molar-refractivity contribution is 7.91. The van der Waals surface area contributed by atoms with E-state index < -0.39 is 9.84 Å². The normalized spacial score (nSPS) is 22.4. The lowest BCUT2D eigenvalue weighted by Crippen LogP contribution is -2.50. The second-order valence-electron chi connectivity index (χ2n) is 7.83. The van der Waals surface area contributed by atoms with Crippen LogP contribution in [0.15, 0.2) is 35.3 Å². The number of carbonyl (C=O) groups is 1. The maximum absolute atomic E-state index is 13.3. The van der Waals surface area contributed by atoms with Crippen LogP contribution >= 0.6 is 0 Å². The molecule has 1 aromatic carbocycles. The fraction of sp³-hybridized carbons (Fsp3) is 0.550. The minimum absolute atomic E-state index is 0.00778. The zero-order chi connectivity index (χ0) is 19.7. The molecule has 2 heterocycles. The van der Waals surface area contributed by atoms with Crippen LogP contribution in [0.2, 0.25) is 0 Å². The fourth-order valence-corrected chi connectivity index (χ4v) is 6.27. The van der Waals surface area contributed by atoms with Gasteiger partial charge in [0.25, 0.3) is 0 Å². The minimum Gasteiger partial charge on any atom is -0.334 e. The maximum atomic E-state index is 13.3. The van der Waals surface area contributed by atoms with E-state index in [1.807, 2.05) is 11.0 Å². The average Bonchev–Trinajstić information content (AvgIpc) is 3.04. The summed E-state index contributed by atoms with van der Waals surface area (Å²) in [7, 11) is -3.08. The molecule has 0 spiro atoms. The molecule has 1 saturated heterocycles. The molecule has 1 aromatic heterocycles. The molecular weight excluding hydrogens is 378 g/mol. The summed E-state index contributed by atoms with van der Waals surface area (Å²) in [5.74, 6) is 0.0799. The number of rotatable bonds is 4. The number of hydrogen-bond acceptors (Lipinski definition) is 5. The Morgan fingerprint density at radius 3 is 2.57 bits per heavy atom. The lowest BCUT2D eigenvalue weighted by atomic mass is 9.93. The summed E-state index contributed by atoms with van der Waals surface area (Å²) in [4.78, 5) is 27.2. The number of amides is 1. The Labute approximate surface area is 164 Å². The number of para-hydroxylation sites is 1. The molecule has 4 rings (SSSR count). The molecule has 1 aliphatic heterocycles. The van der Waals surface area contributed by atoms with Crippen molar-refractivity contribution < 1.29 is 13.2 Å². The van der Waals surface area contributed by atoms with Gasteiger partial charge in [0.2, 0.25) is 11.3 Å². The summed E-state index contributed by atoms with van der Waals surface area (Å²) in [6, 6.07) is 6.93. The van der Waals surface area contributed by atoms with E-state index in [-0.39, 0.29) is 41.5 Å². The van der Waals surface area contributed by atoms with Gasteiger partial charge in [-0.2, -0.15) is 5.10 Å². The van der Waals surface area contributed by atoms with Crippen LogP contribution in [0.1, 0.15) is 38.5 Å². The zero-order valence-electron chi connectivity index (χ0n) is 15.8. The van der Waals surface area contributed by atoms with Crippen molar-refractivity contribution in [1.29, 1.82) is 0 Å². The van der Waals surface area contributed by atoms with Crippen molar-refractivity contribution in [3.63, 3.8) is 0 Å². The van der Waals surface area contributed by atoms with Gasteiger partial charge in [0, 0.05) is 17.5 Å². The topological polar surface area (TPSA) is 89.3 Å². The Balaban J connectivity index is 1.64. The first-order valence-corrected chi connectivity index (χ1v) is 11.7. The van der Waals surface area contributed by atoms with Gasteiger partial charge >= 0.3 is 0 Å². The fourth-order valence-electron chi connectivity index (χ4n) is 4.56. The van der Waals surface area contributed by atoms with E-state index >= 15 is 0 Å². The molecule has 150 valence electrons. The van der Waals surface area contributed by atoms with Gasteiger partial charge in [-0.15, -0.1) is 0 Å². The average molecular weight is 404 g/mol. The molecule has 28 heavy (non-hydrogen) atoms. The van der Waals surface area contributed by atoms with Gasteiger partial charge in [-0.05, 0) is 31.4 Å². The van der Waals surface area contributed by atoms with Crippen molar-refractivity contribution >= 4 is 26.6 Å². The van der Waals surface area contributed by atoms with E-state index in [4.69, 9.17) is 0 Å². The first kappa shape index (κ1) is 19.1. The first-order valence-electron chi connectivity index (χ1n) is 9.91. The number of nitrogens with zero attached hydrogens (tertiary/aromatic N) is 3. The number of aromatic nitrogens is 2. The third-order valence-electron chi connectivity index (χ3n) is 5.90. The van der Waals surface area contributed by atoms with Crippen molar-refractivity contribution in [3.8, 4) is 0 Å². The summed E-state index contributed by atoms with van der Waals surface area (Å²) in [5.41, 5.74) is 0.441. The minimum atomic E-state index is -3.08. The van der Waals surface area contributed by atoms with E-state index in [0.717, 1.165) is 32.1 Å². The third kappa shape index (κ3) is 3.83. The Hall–Kier alpha value is -2.22. The van der Waals surface area contributed by atoms with Crippen molar-refractivity contribution in [2.45, 2.75) is 57.2 Å². The molecule has 0 bridgehead atoms. The van der Waals surface area contributed by atoms with Crippen LogP contribution < -0.4 is 5.43 Å². The smallest absolute Gasteiger partial charge is 0.244 e. The van der Waals surface area contributed by atoms with E-state index in [0.29, 0.717) is 17.3 Å². The molecule has 0 unspecified atom stereocenters. The predicted molar refractivity (Wildman–Crippen MR) is 107 cm³/mol. The molecule has 7 nitrogen and oxygen atoms in total. The molecular formula is C20H25N3O4S. The molecule has 0 radical (unpaired) electrons. The summed E-state index contributed by atoms with van der Waals surface area (Å²) >= 11 is 0. The number of benzene rings is 1. The van der Waals surface area contributed by atoms with Crippen molar-refractivity contribution in [2.75, 3.05) is 11.5 Å². The van der Waals surface area contributed by atoms with Crippen LogP contribution in [0.3, 0.4) is 0 Å². The van der Waals surface area contributed by atoms with Crippen molar-refractivity contribution in [1.82, 2.24) is 14.7 Å². The van der Waals surface area contributed by atoms with E-state index in [2.05, 4.69) is 5.10 Å². The molecule has 2 fully saturated rings. The Morgan fingerprint density at radius 2 is 1.86 bits per heavy atom. The van der Waals surface area contributed by atoms with Crippen LogP contribution in [0.4, 0.5) is 0 Å². The van der Waals surface area contributed by atoms with Crippen molar-refractivity contribution in [2.24, 2.45) is 0 Å². The zero-order valence-corrected chi connectivity index (χ0v) is 16.6. The van der Waals surface area contributed by atoms with Gasteiger partial charge in [0.15, 0.2) is 9.84 Å². The lowest BCUT2D eigenvalue weighted by Gasteiger charge is -2.38. The number of fused-ring (bicyclic) bond motifs is 1. The molecule has 8 heteroatoms. The number of sulfone groups is 1. The summed E-state index contributed by atoms with van der Waals surface area (Å²) in [6.45, 7) is 0.00778.